The Morgan fingerprint density at radius 1 is 1.83 bits per heavy atom. The van der Waals surface area contributed by atoms with Gasteiger partial charge < -0.3 is 9.84 Å². The molecule has 0 aromatic heterocycles. The van der Waals surface area contributed by atoms with Crippen molar-refractivity contribution >= 4 is 28.2 Å². The van der Waals surface area contributed by atoms with E-state index in [0.717, 1.165) is 0 Å². The predicted octanol–water partition coefficient (Wildman–Crippen LogP) is 1.63. The molecule has 0 spiro atoms. The van der Waals surface area contributed by atoms with Crippen molar-refractivity contribution in [1.82, 2.24) is 0 Å². The predicted molar refractivity (Wildman–Crippen MR) is 57.8 cm³/mol. The molecule has 0 saturated carbocycles. The van der Waals surface area contributed by atoms with Gasteiger partial charge in [0.25, 0.3) is 0 Å². The number of rotatable bonds is 6. The van der Waals surface area contributed by atoms with E-state index in [9.17, 15) is 0 Å². The van der Waals surface area contributed by atoms with Gasteiger partial charge in [-0.05, 0) is 6.92 Å². The monoisotopic (exact) mass is 206 g/mol. The summed E-state index contributed by atoms with van der Waals surface area (Å²) in [6.45, 7) is 6.83. The van der Waals surface area contributed by atoms with Crippen molar-refractivity contribution < 1.29 is 9.84 Å². The molecule has 1 N–H and O–H groups in total. The summed E-state index contributed by atoms with van der Waals surface area (Å²) in [5.74, 6) is 0. The SMILES string of the molecule is C=CC(COCC)SC(=S)CO. The van der Waals surface area contributed by atoms with E-state index in [4.69, 9.17) is 22.1 Å². The van der Waals surface area contributed by atoms with Gasteiger partial charge >= 0.3 is 0 Å². The third-order valence-electron chi connectivity index (χ3n) is 1.16. The Kier molecular flexibility index (Phi) is 7.80. The van der Waals surface area contributed by atoms with E-state index >= 15 is 0 Å². The van der Waals surface area contributed by atoms with Crippen molar-refractivity contribution in [3.8, 4) is 0 Å². The molecule has 12 heavy (non-hydrogen) atoms. The van der Waals surface area contributed by atoms with Gasteiger partial charge in [0.15, 0.2) is 0 Å². The normalized spacial score (nSPS) is 12.5. The fraction of sp³-hybridized carbons (Fsp3) is 0.625. The molecular weight excluding hydrogens is 192 g/mol. The van der Waals surface area contributed by atoms with Gasteiger partial charge in [0.1, 0.15) is 0 Å². The molecule has 0 heterocycles. The zero-order valence-corrected chi connectivity index (χ0v) is 8.79. The van der Waals surface area contributed by atoms with Crippen LogP contribution in [0.3, 0.4) is 0 Å². The van der Waals surface area contributed by atoms with E-state index in [1.54, 1.807) is 6.08 Å². The maximum absolute atomic E-state index is 8.67. The highest BCUT2D eigenvalue weighted by Crippen LogP contribution is 2.14. The van der Waals surface area contributed by atoms with Crippen molar-refractivity contribution in [2.75, 3.05) is 19.8 Å². The van der Waals surface area contributed by atoms with Gasteiger partial charge in [-0.1, -0.05) is 18.3 Å². The van der Waals surface area contributed by atoms with Crippen molar-refractivity contribution in [2.45, 2.75) is 12.2 Å². The van der Waals surface area contributed by atoms with E-state index in [2.05, 4.69) is 6.58 Å². The number of aliphatic hydroxyl groups is 1. The van der Waals surface area contributed by atoms with Crippen LogP contribution in [0, 0.1) is 0 Å². The molecule has 0 rings (SSSR count). The van der Waals surface area contributed by atoms with Gasteiger partial charge in [-0.3, -0.25) is 0 Å². The van der Waals surface area contributed by atoms with Crippen molar-refractivity contribution in [3.63, 3.8) is 0 Å². The van der Waals surface area contributed by atoms with Crippen LogP contribution in [0.4, 0.5) is 0 Å². The molecular formula is C8H14O2S2. The molecule has 1 unspecified atom stereocenters. The summed E-state index contributed by atoms with van der Waals surface area (Å²) in [5, 5.41) is 8.82. The highest BCUT2D eigenvalue weighted by molar-refractivity contribution is 8.23. The van der Waals surface area contributed by atoms with Crippen molar-refractivity contribution in [3.05, 3.63) is 12.7 Å². The Bertz CT molecular complexity index is 148. The second-order valence-electron chi connectivity index (χ2n) is 2.08. The average molecular weight is 206 g/mol. The van der Waals surface area contributed by atoms with Crippen molar-refractivity contribution in [1.29, 1.82) is 0 Å². The van der Waals surface area contributed by atoms with Crippen LogP contribution in [-0.2, 0) is 4.74 Å². The first-order chi connectivity index (χ1) is 5.74. The molecule has 0 radical (unpaired) electrons. The van der Waals surface area contributed by atoms with Gasteiger partial charge in [-0.15, -0.1) is 18.3 Å². The fourth-order valence-corrected chi connectivity index (χ4v) is 1.63. The fourth-order valence-electron chi connectivity index (χ4n) is 0.590. The molecule has 0 aliphatic carbocycles. The minimum Gasteiger partial charge on any atom is -0.390 e. The topological polar surface area (TPSA) is 29.5 Å². The van der Waals surface area contributed by atoms with Gasteiger partial charge in [-0.2, -0.15) is 0 Å². The number of hydrogen-bond donors (Lipinski definition) is 1. The Hall–Kier alpha value is 0.100. The molecule has 0 bridgehead atoms. The number of thiocarbonyl (C=S) groups is 1. The Morgan fingerprint density at radius 3 is 2.92 bits per heavy atom. The smallest absolute Gasteiger partial charge is 0.0843 e. The van der Waals surface area contributed by atoms with E-state index in [-0.39, 0.29) is 11.9 Å². The van der Waals surface area contributed by atoms with Gasteiger partial charge in [0.05, 0.1) is 22.7 Å². The summed E-state index contributed by atoms with van der Waals surface area (Å²) in [4.78, 5) is 0. The molecule has 0 fully saturated rings. The van der Waals surface area contributed by atoms with Crippen LogP contribution in [0.2, 0.25) is 0 Å². The Balaban J connectivity index is 3.66. The van der Waals surface area contributed by atoms with Gasteiger partial charge in [0.2, 0.25) is 0 Å². The van der Waals surface area contributed by atoms with Crippen LogP contribution in [-0.4, -0.2) is 34.4 Å². The van der Waals surface area contributed by atoms with Gasteiger partial charge in [0, 0.05) is 6.61 Å². The summed E-state index contributed by atoms with van der Waals surface area (Å²) >= 11 is 6.28. The summed E-state index contributed by atoms with van der Waals surface area (Å²) < 4.78 is 5.78. The van der Waals surface area contributed by atoms with Crippen LogP contribution < -0.4 is 0 Å². The standard InChI is InChI=1S/C8H14O2S2/c1-3-7(6-10-4-2)12-8(11)5-9/h3,7,9H,1,4-6H2,2H3. The lowest BCUT2D eigenvalue weighted by molar-refractivity contribution is 0.155. The highest BCUT2D eigenvalue weighted by atomic mass is 32.2. The zero-order valence-electron chi connectivity index (χ0n) is 7.16. The molecule has 0 amide bonds. The van der Waals surface area contributed by atoms with Crippen LogP contribution >= 0.6 is 24.0 Å². The van der Waals surface area contributed by atoms with Crippen molar-refractivity contribution in [2.24, 2.45) is 0 Å². The maximum atomic E-state index is 8.67. The van der Waals surface area contributed by atoms with Crippen LogP contribution in [0.15, 0.2) is 12.7 Å². The quantitative estimate of drug-likeness (QED) is 0.528. The molecule has 4 heteroatoms. The number of aliphatic hydroxyl groups excluding tert-OH is 1. The second kappa shape index (κ2) is 7.73. The molecule has 70 valence electrons. The minimum atomic E-state index is -0.0591. The number of thioether (sulfide) groups is 1. The minimum absolute atomic E-state index is 0.0591. The summed E-state index contributed by atoms with van der Waals surface area (Å²) in [7, 11) is 0. The average Bonchev–Trinajstić information content (AvgIpc) is 2.11. The lowest BCUT2D eigenvalue weighted by Gasteiger charge is -2.10. The number of ether oxygens (including phenoxy) is 1. The molecule has 0 aliphatic rings. The molecule has 0 aromatic rings. The Morgan fingerprint density at radius 2 is 2.50 bits per heavy atom. The third-order valence-corrected chi connectivity index (χ3v) is 2.60. The molecule has 0 aromatic carbocycles. The second-order valence-corrected chi connectivity index (χ2v) is 4.17. The first-order valence-corrected chi connectivity index (χ1v) is 5.04. The molecule has 0 aliphatic heterocycles. The molecule has 2 nitrogen and oxygen atoms in total. The van der Waals surface area contributed by atoms with E-state index < -0.39 is 0 Å². The largest absolute Gasteiger partial charge is 0.390 e. The van der Waals surface area contributed by atoms with E-state index in [0.29, 0.717) is 17.4 Å². The summed E-state index contributed by atoms with van der Waals surface area (Å²) in [5.41, 5.74) is 0. The summed E-state index contributed by atoms with van der Waals surface area (Å²) in [6, 6.07) is 0. The molecule has 0 saturated heterocycles. The lowest BCUT2D eigenvalue weighted by atomic mass is 10.4. The van der Waals surface area contributed by atoms with Gasteiger partial charge in [-0.25, -0.2) is 0 Å². The maximum Gasteiger partial charge on any atom is 0.0843 e. The van der Waals surface area contributed by atoms with Crippen LogP contribution in [0.25, 0.3) is 0 Å². The highest BCUT2D eigenvalue weighted by Gasteiger charge is 2.07. The molecule has 1 atom stereocenters. The first kappa shape index (κ1) is 12.1. The lowest BCUT2D eigenvalue weighted by Crippen LogP contribution is -2.12. The number of hydrogen-bond acceptors (Lipinski definition) is 4. The van der Waals surface area contributed by atoms with Crippen LogP contribution in [0.1, 0.15) is 6.92 Å². The zero-order chi connectivity index (χ0) is 9.40. The Labute approximate surface area is 83.0 Å². The summed E-state index contributed by atoms with van der Waals surface area (Å²) in [6.07, 6.45) is 1.78. The third kappa shape index (κ3) is 5.71. The van der Waals surface area contributed by atoms with E-state index in [1.807, 2.05) is 6.92 Å². The van der Waals surface area contributed by atoms with Crippen LogP contribution in [0.5, 0.6) is 0 Å². The first-order valence-electron chi connectivity index (χ1n) is 3.75. The van der Waals surface area contributed by atoms with E-state index in [1.165, 1.54) is 11.8 Å².